The molecule has 2 N–H and O–H groups in total. The fourth-order valence-electron chi connectivity index (χ4n) is 1.78. The normalized spacial score (nSPS) is 14.0. The van der Waals surface area contributed by atoms with Crippen molar-refractivity contribution < 1.29 is 4.74 Å². The molecule has 0 saturated carbocycles. The van der Waals surface area contributed by atoms with Crippen LogP contribution in [0.3, 0.4) is 0 Å². The second-order valence-corrected chi connectivity index (χ2v) is 8.00. The van der Waals surface area contributed by atoms with E-state index in [1.54, 1.807) is 23.5 Å². The van der Waals surface area contributed by atoms with Crippen LogP contribution in [0.1, 0.15) is 24.3 Å². The van der Waals surface area contributed by atoms with Crippen molar-refractivity contribution in [1.82, 2.24) is 0 Å². The third-order valence-electron chi connectivity index (χ3n) is 2.96. The van der Waals surface area contributed by atoms with E-state index in [1.165, 1.54) is 0 Å². The lowest BCUT2D eigenvalue weighted by Crippen LogP contribution is -2.31. The van der Waals surface area contributed by atoms with Crippen LogP contribution < -0.4 is 10.5 Å². The van der Waals surface area contributed by atoms with Crippen molar-refractivity contribution in [3.63, 3.8) is 0 Å². The summed E-state index contributed by atoms with van der Waals surface area (Å²) < 4.78 is 7.81. The molecule has 114 valence electrons. The number of hydrogen-bond acceptors (Lipinski definition) is 3. The molecule has 2 nitrogen and oxygen atoms in total. The summed E-state index contributed by atoms with van der Waals surface area (Å²) in [5, 5.41) is 3.05. The molecular weight excluding hydrogens is 461 g/mol. The highest BCUT2D eigenvalue weighted by Crippen LogP contribution is 2.38. The maximum Gasteiger partial charge on any atom is 0.148 e. The predicted molar refractivity (Wildman–Crippen MR) is 97.8 cm³/mol. The Balaban J connectivity index is 2.33. The van der Waals surface area contributed by atoms with E-state index >= 15 is 0 Å². The largest absolute Gasteiger partial charge is 0.482 e. The highest BCUT2D eigenvalue weighted by molar-refractivity contribution is 9.10. The molecular formula is C14H13Br2Cl2NOS. The number of rotatable bonds is 5. The van der Waals surface area contributed by atoms with E-state index in [1.807, 2.05) is 18.4 Å². The maximum atomic E-state index is 6.23. The van der Waals surface area contributed by atoms with Crippen molar-refractivity contribution in [2.24, 2.45) is 5.73 Å². The average molecular weight is 474 g/mol. The molecule has 0 bridgehead atoms. The molecule has 0 aliphatic rings. The van der Waals surface area contributed by atoms with Gasteiger partial charge in [-0.05, 0) is 50.4 Å². The molecule has 21 heavy (non-hydrogen) atoms. The van der Waals surface area contributed by atoms with Crippen LogP contribution >= 0.6 is 66.4 Å². The Labute approximate surface area is 154 Å². The summed E-state index contributed by atoms with van der Waals surface area (Å²) in [6.07, 6.45) is 0.531. The van der Waals surface area contributed by atoms with Gasteiger partial charge in [-0.3, -0.25) is 0 Å². The van der Waals surface area contributed by atoms with Crippen LogP contribution in [-0.2, 0) is 0 Å². The smallest absolute Gasteiger partial charge is 0.148 e. The Kier molecular flexibility index (Phi) is 6.41. The van der Waals surface area contributed by atoms with Crippen molar-refractivity contribution >= 4 is 66.4 Å². The Hall–Kier alpha value is 0.220. The number of thiophene rings is 1. The standard InChI is InChI=1S/C14H13Br2Cl2NOS/c1-2-11(19)14(13-3-7(15)6-21-13)20-12-5-9(17)8(16)4-10(12)18/h3-6,11,14H,2,19H2,1H3. The van der Waals surface area contributed by atoms with Crippen molar-refractivity contribution in [3.05, 3.63) is 47.4 Å². The SMILES string of the molecule is CCC(N)C(Oc1cc(Cl)c(Br)cc1Cl)c1cc(Br)cs1. The van der Waals surface area contributed by atoms with Crippen molar-refractivity contribution in [2.45, 2.75) is 25.5 Å². The summed E-state index contributed by atoms with van der Waals surface area (Å²) in [5.41, 5.74) is 6.21. The summed E-state index contributed by atoms with van der Waals surface area (Å²) >= 11 is 20.7. The van der Waals surface area contributed by atoms with Gasteiger partial charge >= 0.3 is 0 Å². The molecule has 0 fully saturated rings. The fourth-order valence-corrected chi connectivity index (χ4v) is 4.16. The van der Waals surface area contributed by atoms with Crippen molar-refractivity contribution in [2.75, 3.05) is 0 Å². The van der Waals surface area contributed by atoms with Gasteiger partial charge in [-0.2, -0.15) is 0 Å². The minimum Gasteiger partial charge on any atom is -0.482 e. The molecule has 0 aliphatic heterocycles. The molecule has 1 aromatic heterocycles. The molecule has 7 heteroatoms. The van der Waals surface area contributed by atoms with Gasteiger partial charge in [-0.1, -0.05) is 30.1 Å². The van der Waals surface area contributed by atoms with Crippen LogP contribution in [0.15, 0.2) is 32.5 Å². The van der Waals surface area contributed by atoms with Gasteiger partial charge in [0.05, 0.1) is 10.0 Å². The molecule has 2 unspecified atom stereocenters. The molecule has 0 spiro atoms. The summed E-state index contributed by atoms with van der Waals surface area (Å²) in [4.78, 5) is 1.05. The lowest BCUT2D eigenvalue weighted by atomic mass is 10.1. The van der Waals surface area contributed by atoms with Gasteiger partial charge in [-0.15, -0.1) is 11.3 Å². The molecule has 0 saturated heterocycles. The summed E-state index contributed by atoms with van der Waals surface area (Å²) in [7, 11) is 0. The molecule has 1 aromatic carbocycles. The van der Waals surface area contributed by atoms with Crippen LogP contribution in [0.5, 0.6) is 5.75 Å². The maximum absolute atomic E-state index is 6.23. The van der Waals surface area contributed by atoms with Crippen LogP contribution in [0.25, 0.3) is 0 Å². The second kappa shape index (κ2) is 7.66. The van der Waals surface area contributed by atoms with E-state index in [-0.39, 0.29) is 12.1 Å². The van der Waals surface area contributed by atoms with E-state index in [0.29, 0.717) is 15.8 Å². The zero-order valence-corrected chi connectivity index (χ0v) is 16.6. The summed E-state index contributed by atoms with van der Waals surface area (Å²) in [5.74, 6) is 0.531. The Morgan fingerprint density at radius 2 is 1.95 bits per heavy atom. The van der Waals surface area contributed by atoms with Crippen LogP contribution in [0.2, 0.25) is 10.0 Å². The molecule has 0 radical (unpaired) electrons. The molecule has 0 aliphatic carbocycles. The summed E-state index contributed by atoms with van der Waals surface area (Å²) in [6.45, 7) is 2.03. The molecule has 1 heterocycles. The van der Waals surface area contributed by atoms with Crippen molar-refractivity contribution in [3.8, 4) is 5.75 Å². The highest BCUT2D eigenvalue weighted by Gasteiger charge is 2.23. The van der Waals surface area contributed by atoms with E-state index < -0.39 is 0 Å². The van der Waals surface area contributed by atoms with Gasteiger partial charge in [0.1, 0.15) is 11.9 Å². The van der Waals surface area contributed by atoms with Gasteiger partial charge in [0, 0.05) is 31.3 Å². The van der Waals surface area contributed by atoms with Gasteiger partial charge < -0.3 is 10.5 Å². The first-order valence-corrected chi connectivity index (χ1v) is 9.45. The second-order valence-electron chi connectivity index (χ2n) is 4.47. The third-order valence-corrected chi connectivity index (χ3v) is 6.20. The molecule has 0 amide bonds. The van der Waals surface area contributed by atoms with E-state index in [4.69, 9.17) is 33.7 Å². The number of benzene rings is 1. The average Bonchev–Trinajstić information content (AvgIpc) is 2.87. The van der Waals surface area contributed by atoms with Gasteiger partial charge in [0.2, 0.25) is 0 Å². The zero-order valence-electron chi connectivity index (χ0n) is 11.1. The minimum atomic E-state index is -0.263. The van der Waals surface area contributed by atoms with Gasteiger partial charge in [-0.25, -0.2) is 0 Å². The zero-order chi connectivity index (χ0) is 15.6. The van der Waals surface area contributed by atoms with Crippen LogP contribution in [0, 0.1) is 0 Å². The third kappa shape index (κ3) is 4.36. The van der Waals surface area contributed by atoms with Crippen LogP contribution in [0.4, 0.5) is 0 Å². The Bertz CT molecular complexity index is 635. The first-order valence-electron chi connectivity index (χ1n) is 6.23. The number of ether oxygens (including phenoxy) is 1. The predicted octanol–water partition coefficient (Wildman–Crippen LogP) is 6.44. The lowest BCUT2D eigenvalue weighted by Gasteiger charge is -2.24. The first-order chi connectivity index (χ1) is 9.92. The number of halogens is 4. The minimum absolute atomic E-state index is 0.131. The lowest BCUT2D eigenvalue weighted by molar-refractivity contribution is 0.175. The van der Waals surface area contributed by atoms with Crippen LogP contribution in [-0.4, -0.2) is 6.04 Å². The Morgan fingerprint density at radius 1 is 1.24 bits per heavy atom. The summed E-state index contributed by atoms with van der Waals surface area (Å²) in [6, 6.07) is 5.30. The topological polar surface area (TPSA) is 35.2 Å². The fraction of sp³-hybridized carbons (Fsp3) is 0.286. The van der Waals surface area contributed by atoms with E-state index in [0.717, 1.165) is 20.2 Å². The highest BCUT2D eigenvalue weighted by atomic mass is 79.9. The van der Waals surface area contributed by atoms with Crippen molar-refractivity contribution in [1.29, 1.82) is 0 Å². The first kappa shape index (κ1) is 17.6. The molecule has 2 aromatic rings. The number of nitrogens with two attached hydrogens (primary N) is 1. The van der Waals surface area contributed by atoms with E-state index in [2.05, 4.69) is 31.9 Å². The molecule has 2 atom stereocenters. The molecule has 2 rings (SSSR count). The number of hydrogen-bond donors (Lipinski definition) is 1. The van der Waals surface area contributed by atoms with Gasteiger partial charge in [0.15, 0.2) is 0 Å². The monoisotopic (exact) mass is 471 g/mol. The Morgan fingerprint density at radius 3 is 2.52 bits per heavy atom. The quantitative estimate of drug-likeness (QED) is 0.507. The van der Waals surface area contributed by atoms with Gasteiger partial charge in [0.25, 0.3) is 0 Å². The van der Waals surface area contributed by atoms with E-state index in [9.17, 15) is 0 Å².